The van der Waals surface area contributed by atoms with Crippen molar-refractivity contribution in [1.82, 2.24) is 15.1 Å². The average molecular weight is 369 g/mol. The second-order valence-electron chi connectivity index (χ2n) is 7.58. The first-order valence-corrected chi connectivity index (χ1v) is 9.51. The van der Waals surface area contributed by atoms with Crippen molar-refractivity contribution >= 4 is 6.03 Å². The third-order valence-corrected chi connectivity index (χ3v) is 4.75. The Morgan fingerprint density at radius 3 is 2.33 bits per heavy atom. The summed E-state index contributed by atoms with van der Waals surface area (Å²) in [6.45, 7) is 1.28. The molecule has 144 valence electrons. The largest absolute Gasteiger partial charge is 0.334 e. The maximum absolute atomic E-state index is 13.2. The molecule has 3 rings (SSSR count). The van der Waals surface area contributed by atoms with Crippen LogP contribution in [0.3, 0.4) is 0 Å². The van der Waals surface area contributed by atoms with Crippen LogP contribution in [0.2, 0.25) is 0 Å². The number of halogens is 1. The molecule has 1 atom stereocenters. The Morgan fingerprint density at radius 2 is 1.74 bits per heavy atom. The highest BCUT2D eigenvalue weighted by Crippen LogP contribution is 2.28. The number of hydrogen-bond acceptors (Lipinski definition) is 2. The number of benzene rings is 2. The Kier molecular flexibility index (Phi) is 6.45. The molecule has 2 amide bonds. The van der Waals surface area contributed by atoms with E-state index in [1.807, 2.05) is 37.2 Å². The summed E-state index contributed by atoms with van der Waals surface area (Å²) in [4.78, 5) is 17.0. The van der Waals surface area contributed by atoms with Gasteiger partial charge in [0.2, 0.25) is 0 Å². The fourth-order valence-electron chi connectivity index (χ4n) is 3.30. The first kappa shape index (κ1) is 19.4. The third-order valence-electron chi connectivity index (χ3n) is 4.75. The van der Waals surface area contributed by atoms with Gasteiger partial charge in [-0.3, -0.25) is 0 Å². The number of carbonyl (C=O) groups excluding carboxylic acids is 1. The standard InChI is InChI=1S/C22H28FN3O/c1-25(2)16-20(14-17-6-4-3-5-7-17)24-22(27)26(21-12-13-21)15-18-8-10-19(23)11-9-18/h3-11,20-21H,12-16H2,1-2H3,(H,24,27). The lowest BCUT2D eigenvalue weighted by Crippen LogP contribution is -2.49. The summed E-state index contributed by atoms with van der Waals surface area (Å²) in [6.07, 6.45) is 2.86. The zero-order valence-electron chi connectivity index (χ0n) is 16.1. The van der Waals surface area contributed by atoms with E-state index in [1.54, 1.807) is 12.1 Å². The molecule has 5 heteroatoms. The fraction of sp³-hybridized carbons (Fsp3) is 0.409. The molecule has 0 aromatic heterocycles. The minimum absolute atomic E-state index is 0.0318. The molecular weight excluding hydrogens is 341 g/mol. The van der Waals surface area contributed by atoms with Gasteiger partial charge in [0.05, 0.1) is 0 Å². The van der Waals surface area contributed by atoms with Crippen LogP contribution in [-0.2, 0) is 13.0 Å². The van der Waals surface area contributed by atoms with Crippen LogP contribution in [0.4, 0.5) is 9.18 Å². The van der Waals surface area contributed by atoms with Crippen molar-refractivity contribution in [2.24, 2.45) is 0 Å². The van der Waals surface area contributed by atoms with Gasteiger partial charge < -0.3 is 15.1 Å². The number of amides is 2. The van der Waals surface area contributed by atoms with Crippen LogP contribution in [0.1, 0.15) is 24.0 Å². The molecule has 0 aliphatic heterocycles. The third kappa shape index (κ3) is 6.07. The van der Waals surface area contributed by atoms with Gasteiger partial charge in [-0.25, -0.2) is 9.18 Å². The Hall–Kier alpha value is -2.40. The van der Waals surface area contributed by atoms with Crippen LogP contribution >= 0.6 is 0 Å². The topological polar surface area (TPSA) is 35.6 Å². The minimum Gasteiger partial charge on any atom is -0.334 e. The van der Waals surface area contributed by atoms with Crippen LogP contribution in [0.5, 0.6) is 0 Å². The van der Waals surface area contributed by atoms with Gasteiger partial charge in [0.25, 0.3) is 0 Å². The summed E-state index contributed by atoms with van der Waals surface area (Å²) in [7, 11) is 4.03. The smallest absolute Gasteiger partial charge is 0.318 e. The van der Waals surface area contributed by atoms with E-state index in [0.717, 1.165) is 31.4 Å². The predicted octanol–water partition coefficient (Wildman–Crippen LogP) is 3.67. The molecule has 1 fully saturated rings. The van der Waals surface area contributed by atoms with Crippen LogP contribution in [0.15, 0.2) is 54.6 Å². The number of nitrogens with one attached hydrogen (secondary N) is 1. The van der Waals surface area contributed by atoms with E-state index in [-0.39, 0.29) is 23.9 Å². The Morgan fingerprint density at radius 1 is 1.07 bits per heavy atom. The molecule has 1 unspecified atom stereocenters. The Balaban J connectivity index is 1.66. The quantitative estimate of drug-likeness (QED) is 0.771. The van der Waals surface area contributed by atoms with E-state index in [1.165, 1.54) is 17.7 Å². The zero-order valence-corrected chi connectivity index (χ0v) is 16.1. The van der Waals surface area contributed by atoms with Gasteiger partial charge in [0, 0.05) is 25.2 Å². The summed E-state index contributed by atoms with van der Waals surface area (Å²) in [5.74, 6) is -0.255. The molecule has 27 heavy (non-hydrogen) atoms. The van der Waals surface area contributed by atoms with E-state index in [9.17, 15) is 9.18 Å². The molecule has 0 spiro atoms. The Bertz CT molecular complexity index is 729. The number of likely N-dealkylation sites (N-methyl/N-ethyl adjacent to an activating group) is 1. The number of carbonyl (C=O) groups is 1. The van der Waals surface area contributed by atoms with Gasteiger partial charge in [-0.1, -0.05) is 42.5 Å². The van der Waals surface area contributed by atoms with Gasteiger partial charge in [-0.2, -0.15) is 0 Å². The molecule has 1 saturated carbocycles. The monoisotopic (exact) mass is 369 g/mol. The molecule has 1 aliphatic rings. The summed E-state index contributed by atoms with van der Waals surface area (Å²) in [5.41, 5.74) is 2.16. The zero-order chi connectivity index (χ0) is 19.2. The number of hydrogen-bond donors (Lipinski definition) is 1. The first-order chi connectivity index (χ1) is 13.0. The predicted molar refractivity (Wildman–Crippen MR) is 106 cm³/mol. The molecule has 2 aromatic rings. The van der Waals surface area contributed by atoms with E-state index >= 15 is 0 Å². The summed E-state index contributed by atoms with van der Waals surface area (Å²) in [5, 5.41) is 3.22. The molecule has 0 bridgehead atoms. The van der Waals surface area contributed by atoms with Crippen molar-refractivity contribution in [2.75, 3.05) is 20.6 Å². The molecular formula is C22H28FN3O. The van der Waals surface area contributed by atoms with Crippen LogP contribution in [0.25, 0.3) is 0 Å². The summed E-state index contributed by atoms with van der Waals surface area (Å²) < 4.78 is 13.2. The van der Waals surface area contributed by atoms with Crippen molar-refractivity contribution in [3.8, 4) is 0 Å². The van der Waals surface area contributed by atoms with Crippen LogP contribution < -0.4 is 5.32 Å². The highest BCUT2D eigenvalue weighted by atomic mass is 19.1. The van der Waals surface area contributed by atoms with Crippen LogP contribution in [0, 0.1) is 5.82 Å². The second kappa shape index (κ2) is 9.00. The van der Waals surface area contributed by atoms with Gasteiger partial charge in [0.1, 0.15) is 5.82 Å². The molecule has 1 aliphatic carbocycles. The number of nitrogens with zero attached hydrogens (tertiary/aromatic N) is 2. The number of urea groups is 1. The maximum Gasteiger partial charge on any atom is 0.318 e. The summed E-state index contributed by atoms with van der Waals surface area (Å²) in [6, 6.07) is 16.9. The first-order valence-electron chi connectivity index (χ1n) is 9.51. The van der Waals surface area contributed by atoms with E-state index in [2.05, 4.69) is 22.3 Å². The van der Waals surface area contributed by atoms with E-state index in [0.29, 0.717) is 6.54 Å². The SMILES string of the molecule is CN(C)CC(Cc1ccccc1)NC(=O)N(Cc1ccc(F)cc1)C1CC1. The molecule has 1 N–H and O–H groups in total. The van der Waals surface area contributed by atoms with Crippen molar-refractivity contribution in [2.45, 2.75) is 37.9 Å². The van der Waals surface area contributed by atoms with E-state index < -0.39 is 0 Å². The fourth-order valence-corrected chi connectivity index (χ4v) is 3.30. The van der Waals surface area contributed by atoms with E-state index in [4.69, 9.17) is 0 Å². The lowest BCUT2D eigenvalue weighted by atomic mass is 10.1. The van der Waals surface area contributed by atoms with Gasteiger partial charge in [0.15, 0.2) is 0 Å². The molecule has 0 radical (unpaired) electrons. The molecule has 2 aromatic carbocycles. The van der Waals surface area contributed by atoms with Gasteiger partial charge >= 0.3 is 6.03 Å². The normalized spacial score (nSPS) is 14.8. The maximum atomic E-state index is 13.2. The average Bonchev–Trinajstić information content (AvgIpc) is 3.46. The molecule has 0 saturated heterocycles. The highest BCUT2D eigenvalue weighted by molar-refractivity contribution is 5.75. The molecule has 4 nitrogen and oxygen atoms in total. The lowest BCUT2D eigenvalue weighted by Gasteiger charge is -2.28. The van der Waals surface area contributed by atoms with Crippen LogP contribution in [-0.4, -0.2) is 48.6 Å². The highest BCUT2D eigenvalue weighted by Gasteiger charge is 2.33. The van der Waals surface area contributed by atoms with Crippen molar-refractivity contribution < 1.29 is 9.18 Å². The van der Waals surface area contributed by atoms with Crippen molar-refractivity contribution in [3.63, 3.8) is 0 Å². The van der Waals surface area contributed by atoms with Crippen molar-refractivity contribution in [3.05, 3.63) is 71.5 Å². The van der Waals surface area contributed by atoms with Gasteiger partial charge in [-0.15, -0.1) is 0 Å². The Labute approximate surface area is 161 Å². The minimum atomic E-state index is -0.255. The lowest BCUT2D eigenvalue weighted by molar-refractivity contribution is 0.184. The van der Waals surface area contributed by atoms with Gasteiger partial charge in [-0.05, 0) is 56.6 Å². The summed E-state index contributed by atoms with van der Waals surface area (Å²) >= 11 is 0. The molecule has 0 heterocycles. The number of rotatable bonds is 8. The second-order valence-corrected chi connectivity index (χ2v) is 7.58. The van der Waals surface area contributed by atoms with Crippen molar-refractivity contribution in [1.29, 1.82) is 0 Å².